The van der Waals surface area contributed by atoms with Gasteiger partial charge in [0.15, 0.2) is 5.11 Å². The van der Waals surface area contributed by atoms with E-state index in [-0.39, 0.29) is 0 Å². The molecular formula is C18H23N3S2. The quantitative estimate of drug-likeness (QED) is 0.578. The molecule has 0 radical (unpaired) electrons. The molecule has 0 unspecified atom stereocenters. The van der Waals surface area contributed by atoms with Crippen LogP contribution in [0.5, 0.6) is 0 Å². The molecule has 2 aromatic rings. The summed E-state index contributed by atoms with van der Waals surface area (Å²) in [6.45, 7) is 5.02. The molecule has 23 heavy (non-hydrogen) atoms. The van der Waals surface area contributed by atoms with Crippen LogP contribution in [0.25, 0.3) is 0 Å². The van der Waals surface area contributed by atoms with Crippen molar-refractivity contribution in [3.8, 4) is 0 Å². The molecule has 3 nitrogen and oxygen atoms in total. The number of nitrogens with one attached hydrogen (secondary N) is 2. The van der Waals surface area contributed by atoms with E-state index in [4.69, 9.17) is 12.2 Å². The first-order chi connectivity index (χ1) is 11.1. The summed E-state index contributed by atoms with van der Waals surface area (Å²) in [6, 6.07) is 12.6. The first kappa shape index (κ1) is 17.8. The fraction of sp³-hybridized carbons (Fsp3) is 0.333. The Morgan fingerprint density at radius 2 is 2.09 bits per heavy atom. The Hall–Kier alpha value is -1.59. The van der Waals surface area contributed by atoms with Gasteiger partial charge in [-0.05, 0) is 55.4 Å². The maximum absolute atomic E-state index is 5.30. The monoisotopic (exact) mass is 345 g/mol. The Balaban J connectivity index is 1.58. The van der Waals surface area contributed by atoms with Crippen LogP contribution in [0.4, 0.5) is 5.82 Å². The summed E-state index contributed by atoms with van der Waals surface area (Å²) < 4.78 is 0. The molecule has 2 rings (SSSR count). The topological polar surface area (TPSA) is 37.0 Å². The van der Waals surface area contributed by atoms with Gasteiger partial charge in [-0.15, -0.1) is 0 Å². The van der Waals surface area contributed by atoms with E-state index >= 15 is 0 Å². The predicted molar refractivity (Wildman–Crippen MR) is 105 cm³/mol. The van der Waals surface area contributed by atoms with E-state index in [0.717, 1.165) is 35.9 Å². The van der Waals surface area contributed by atoms with Crippen LogP contribution < -0.4 is 10.6 Å². The second-order valence-corrected chi connectivity index (χ2v) is 6.96. The molecule has 0 fully saturated rings. The summed E-state index contributed by atoms with van der Waals surface area (Å²) >= 11 is 7.25. The van der Waals surface area contributed by atoms with Gasteiger partial charge in [0.2, 0.25) is 0 Å². The minimum atomic E-state index is 0.635. The van der Waals surface area contributed by atoms with Gasteiger partial charge in [0.05, 0.1) is 0 Å². The van der Waals surface area contributed by atoms with Gasteiger partial charge in [0.1, 0.15) is 5.82 Å². The molecule has 1 aromatic heterocycles. The second kappa shape index (κ2) is 9.53. The number of anilines is 1. The fourth-order valence-corrected chi connectivity index (χ4v) is 3.24. The van der Waals surface area contributed by atoms with Crippen LogP contribution in [0.1, 0.15) is 23.1 Å². The van der Waals surface area contributed by atoms with Crippen LogP contribution in [0.15, 0.2) is 42.6 Å². The summed E-state index contributed by atoms with van der Waals surface area (Å²) in [5.41, 5.74) is 3.81. The van der Waals surface area contributed by atoms with Crippen molar-refractivity contribution in [3.63, 3.8) is 0 Å². The van der Waals surface area contributed by atoms with E-state index in [1.807, 2.05) is 30.8 Å². The summed E-state index contributed by atoms with van der Waals surface area (Å²) in [6.07, 6.45) is 2.85. The standard InChI is InChI=1S/C18H23N3S2/c1-14-6-3-8-16(12-14)13-23-11-5-10-20-18(22)21-17-15(2)7-4-9-19-17/h3-4,6-9,12H,5,10-11,13H2,1-2H3,(H2,19,20,21,22). The van der Waals surface area contributed by atoms with Gasteiger partial charge in [-0.1, -0.05) is 35.9 Å². The average Bonchev–Trinajstić information content (AvgIpc) is 2.53. The lowest BCUT2D eigenvalue weighted by molar-refractivity contribution is 0.853. The minimum Gasteiger partial charge on any atom is -0.362 e. The fourth-order valence-electron chi connectivity index (χ4n) is 2.14. The minimum absolute atomic E-state index is 0.635. The van der Waals surface area contributed by atoms with Gasteiger partial charge in [0.25, 0.3) is 0 Å². The predicted octanol–water partition coefficient (Wildman–Crippen LogP) is 4.31. The van der Waals surface area contributed by atoms with Gasteiger partial charge in [-0.2, -0.15) is 11.8 Å². The summed E-state index contributed by atoms with van der Waals surface area (Å²) in [4.78, 5) is 4.27. The van der Waals surface area contributed by atoms with Gasteiger partial charge in [-0.25, -0.2) is 4.98 Å². The third-order valence-corrected chi connectivity index (χ3v) is 4.70. The molecule has 0 spiro atoms. The molecule has 122 valence electrons. The normalized spacial score (nSPS) is 10.3. The highest BCUT2D eigenvalue weighted by molar-refractivity contribution is 7.98. The molecule has 0 aliphatic heterocycles. The maximum Gasteiger partial charge on any atom is 0.171 e. The first-order valence-corrected chi connectivity index (χ1v) is 9.31. The van der Waals surface area contributed by atoms with Crippen LogP contribution in [0, 0.1) is 13.8 Å². The maximum atomic E-state index is 5.30. The summed E-state index contributed by atoms with van der Waals surface area (Å²) in [5.74, 6) is 3.00. The lowest BCUT2D eigenvalue weighted by Crippen LogP contribution is -2.30. The van der Waals surface area contributed by atoms with Crippen molar-refractivity contribution in [1.82, 2.24) is 10.3 Å². The Morgan fingerprint density at radius 3 is 2.87 bits per heavy atom. The molecular weight excluding hydrogens is 322 g/mol. The molecule has 0 saturated heterocycles. The molecule has 2 N–H and O–H groups in total. The van der Waals surface area contributed by atoms with E-state index in [1.54, 1.807) is 6.20 Å². The van der Waals surface area contributed by atoms with Crippen molar-refractivity contribution in [1.29, 1.82) is 0 Å². The number of nitrogens with zero attached hydrogens (tertiary/aromatic N) is 1. The number of hydrogen-bond donors (Lipinski definition) is 2. The first-order valence-electron chi connectivity index (χ1n) is 7.75. The zero-order valence-corrected chi connectivity index (χ0v) is 15.3. The van der Waals surface area contributed by atoms with Crippen molar-refractivity contribution < 1.29 is 0 Å². The zero-order chi connectivity index (χ0) is 16.5. The number of rotatable bonds is 7. The van der Waals surface area contributed by atoms with Gasteiger partial charge >= 0.3 is 0 Å². The number of hydrogen-bond acceptors (Lipinski definition) is 3. The van der Waals surface area contributed by atoms with E-state index in [0.29, 0.717) is 5.11 Å². The third kappa shape index (κ3) is 6.59. The van der Waals surface area contributed by atoms with Crippen LogP contribution in [-0.4, -0.2) is 22.4 Å². The van der Waals surface area contributed by atoms with Crippen molar-refractivity contribution in [2.45, 2.75) is 26.0 Å². The van der Waals surface area contributed by atoms with Gasteiger partial charge in [-0.3, -0.25) is 0 Å². The molecule has 5 heteroatoms. The lowest BCUT2D eigenvalue weighted by Gasteiger charge is -2.11. The van der Waals surface area contributed by atoms with Gasteiger partial charge < -0.3 is 10.6 Å². The van der Waals surface area contributed by atoms with E-state index in [2.05, 4.69) is 46.8 Å². The van der Waals surface area contributed by atoms with Crippen LogP contribution in [-0.2, 0) is 5.75 Å². The number of benzene rings is 1. The molecule has 0 atom stereocenters. The zero-order valence-electron chi connectivity index (χ0n) is 13.6. The van der Waals surface area contributed by atoms with Crippen molar-refractivity contribution in [2.75, 3.05) is 17.6 Å². The summed E-state index contributed by atoms with van der Waals surface area (Å²) in [7, 11) is 0. The molecule has 1 aromatic carbocycles. The largest absolute Gasteiger partial charge is 0.362 e. The Bertz CT molecular complexity index is 644. The van der Waals surface area contributed by atoms with Crippen LogP contribution in [0.2, 0.25) is 0 Å². The van der Waals surface area contributed by atoms with Crippen LogP contribution >= 0.6 is 24.0 Å². The van der Waals surface area contributed by atoms with E-state index < -0.39 is 0 Å². The number of thiocarbonyl (C=S) groups is 1. The third-order valence-electron chi connectivity index (χ3n) is 3.34. The average molecular weight is 346 g/mol. The van der Waals surface area contributed by atoms with Crippen molar-refractivity contribution in [2.24, 2.45) is 0 Å². The number of pyridine rings is 1. The second-order valence-electron chi connectivity index (χ2n) is 5.44. The SMILES string of the molecule is Cc1cccc(CSCCCNC(=S)Nc2ncccc2C)c1. The van der Waals surface area contributed by atoms with E-state index in [9.17, 15) is 0 Å². The lowest BCUT2D eigenvalue weighted by atomic mass is 10.2. The van der Waals surface area contributed by atoms with Crippen molar-refractivity contribution in [3.05, 3.63) is 59.3 Å². The molecule has 0 amide bonds. The molecule has 1 heterocycles. The number of thioether (sulfide) groups is 1. The molecule has 0 aliphatic rings. The molecule has 0 aliphatic carbocycles. The van der Waals surface area contributed by atoms with Gasteiger partial charge in [0, 0.05) is 18.5 Å². The smallest absolute Gasteiger partial charge is 0.171 e. The molecule has 0 bridgehead atoms. The van der Waals surface area contributed by atoms with Crippen molar-refractivity contribution >= 4 is 34.9 Å². The molecule has 0 saturated carbocycles. The Morgan fingerprint density at radius 1 is 1.22 bits per heavy atom. The Labute approximate surface area is 148 Å². The highest BCUT2D eigenvalue weighted by atomic mass is 32.2. The number of aryl methyl sites for hydroxylation is 2. The highest BCUT2D eigenvalue weighted by Gasteiger charge is 2.01. The number of aromatic nitrogens is 1. The highest BCUT2D eigenvalue weighted by Crippen LogP contribution is 2.14. The summed E-state index contributed by atoms with van der Waals surface area (Å²) in [5, 5.41) is 7.00. The van der Waals surface area contributed by atoms with E-state index in [1.165, 1.54) is 11.1 Å². The van der Waals surface area contributed by atoms with Crippen LogP contribution in [0.3, 0.4) is 0 Å². The Kier molecular flexibility index (Phi) is 7.36.